The van der Waals surface area contributed by atoms with E-state index in [1.165, 1.54) is 23.5 Å². The fourth-order valence-electron chi connectivity index (χ4n) is 1.91. The van der Waals surface area contributed by atoms with Crippen LogP contribution in [0.5, 0.6) is 0 Å². The number of hydrogen-bond donors (Lipinski definition) is 1. The number of aromatic nitrogens is 1. The molecule has 0 aliphatic heterocycles. The van der Waals surface area contributed by atoms with Gasteiger partial charge in [0.05, 0.1) is 14.2 Å². The molecule has 3 rings (SSSR count). The van der Waals surface area contributed by atoms with Crippen LogP contribution in [0.4, 0.5) is 14.6 Å². The van der Waals surface area contributed by atoms with Gasteiger partial charge in [0.15, 0.2) is 11.6 Å². The molecule has 108 valence electrons. The quantitative estimate of drug-likeness (QED) is 0.581. The van der Waals surface area contributed by atoms with Crippen LogP contribution < -0.4 is 5.73 Å². The topological polar surface area (TPSA) is 52.0 Å². The Morgan fingerprint density at radius 1 is 1.10 bits per heavy atom. The lowest BCUT2D eigenvalue weighted by Crippen LogP contribution is -1.90. The van der Waals surface area contributed by atoms with Crippen LogP contribution in [0.3, 0.4) is 0 Å². The van der Waals surface area contributed by atoms with E-state index in [1.807, 2.05) is 6.07 Å². The molecule has 2 aromatic heterocycles. The Kier molecular flexibility index (Phi) is 3.85. The standard InChI is InChI=1S/C13H6Br2F2N2OS/c14-8-4-9(21-12(8)15)11-10(13(18)19-20-11)5-1-6(16)3-7(17)2-5/h1-4H,(H2,18,19). The van der Waals surface area contributed by atoms with Crippen LogP contribution >= 0.6 is 43.2 Å². The van der Waals surface area contributed by atoms with E-state index in [0.717, 1.165) is 19.2 Å². The lowest BCUT2D eigenvalue weighted by Gasteiger charge is -2.02. The zero-order chi connectivity index (χ0) is 15.1. The fraction of sp³-hybridized carbons (Fsp3) is 0. The molecule has 21 heavy (non-hydrogen) atoms. The Labute approximate surface area is 139 Å². The minimum Gasteiger partial charge on any atom is -0.380 e. The van der Waals surface area contributed by atoms with Crippen molar-refractivity contribution in [2.75, 3.05) is 5.73 Å². The van der Waals surface area contributed by atoms with Crippen LogP contribution in [-0.4, -0.2) is 5.16 Å². The largest absolute Gasteiger partial charge is 0.380 e. The maximum Gasteiger partial charge on any atom is 0.186 e. The van der Waals surface area contributed by atoms with Crippen LogP contribution in [0.1, 0.15) is 0 Å². The van der Waals surface area contributed by atoms with Crippen LogP contribution in [0.2, 0.25) is 0 Å². The highest BCUT2D eigenvalue weighted by Crippen LogP contribution is 2.43. The number of nitrogens with two attached hydrogens (primary N) is 1. The first-order chi connectivity index (χ1) is 9.95. The molecule has 0 aliphatic rings. The molecule has 1 aromatic carbocycles. The SMILES string of the molecule is Nc1noc(-c2cc(Br)c(Br)s2)c1-c1cc(F)cc(F)c1. The number of rotatable bonds is 2. The number of anilines is 1. The summed E-state index contributed by atoms with van der Waals surface area (Å²) >= 11 is 8.15. The predicted molar refractivity (Wildman–Crippen MR) is 85.0 cm³/mol. The Morgan fingerprint density at radius 2 is 1.76 bits per heavy atom. The summed E-state index contributed by atoms with van der Waals surface area (Å²) in [6.07, 6.45) is 0. The first-order valence-electron chi connectivity index (χ1n) is 5.62. The van der Waals surface area contributed by atoms with Crippen LogP contribution in [0, 0.1) is 11.6 Å². The number of nitrogen functional groups attached to an aromatic ring is 1. The monoisotopic (exact) mass is 434 g/mol. The summed E-state index contributed by atoms with van der Waals surface area (Å²) < 4.78 is 33.8. The molecule has 0 amide bonds. The molecular weight excluding hydrogens is 430 g/mol. The van der Waals surface area contributed by atoms with Gasteiger partial charge in [-0.1, -0.05) is 5.16 Å². The summed E-state index contributed by atoms with van der Waals surface area (Å²) in [6, 6.07) is 4.99. The fourth-order valence-corrected chi connectivity index (χ4v) is 3.93. The van der Waals surface area contributed by atoms with Crippen molar-refractivity contribution in [2.45, 2.75) is 0 Å². The molecule has 8 heteroatoms. The van der Waals surface area contributed by atoms with Crippen molar-refractivity contribution in [3.8, 4) is 21.8 Å². The maximum atomic E-state index is 13.4. The summed E-state index contributed by atoms with van der Waals surface area (Å²) in [5.74, 6) is -0.931. The molecule has 0 saturated carbocycles. The van der Waals surface area contributed by atoms with Crippen molar-refractivity contribution in [1.29, 1.82) is 0 Å². The molecular formula is C13H6Br2F2N2OS. The van der Waals surface area contributed by atoms with Gasteiger partial charge in [-0.05, 0) is 55.6 Å². The molecule has 0 spiro atoms. The Bertz CT molecular complexity index is 792. The van der Waals surface area contributed by atoms with Gasteiger partial charge >= 0.3 is 0 Å². The van der Waals surface area contributed by atoms with Crippen molar-refractivity contribution in [2.24, 2.45) is 0 Å². The first kappa shape index (κ1) is 14.7. The summed E-state index contributed by atoms with van der Waals surface area (Å²) in [5, 5.41) is 3.70. The highest BCUT2D eigenvalue weighted by Gasteiger charge is 2.21. The summed E-state index contributed by atoms with van der Waals surface area (Å²) in [7, 11) is 0. The average molecular weight is 436 g/mol. The predicted octanol–water partition coefficient (Wildman–Crippen LogP) is 5.46. The van der Waals surface area contributed by atoms with Gasteiger partial charge in [-0.15, -0.1) is 11.3 Å². The molecule has 0 fully saturated rings. The highest BCUT2D eigenvalue weighted by atomic mass is 79.9. The second-order valence-corrected chi connectivity index (χ2v) is 7.39. The van der Waals surface area contributed by atoms with Crippen molar-refractivity contribution < 1.29 is 13.3 Å². The Balaban J connectivity index is 2.21. The van der Waals surface area contributed by atoms with E-state index in [-0.39, 0.29) is 11.4 Å². The molecule has 2 N–H and O–H groups in total. The van der Waals surface area contributed by atoms with E-state index in [2.05, 4.69) is 37.0 Å². The van der Waals surface area contributed by atoms with Crippen molar-refractivity contribution in [3.63, 3.8) is 0 Å². The van der Waals surface area contributed by atoms with Gasteiger partial charge in [0.25, 0.3) is 0 Å². The maximum absolute atomic E-state index is 13.4. The minimum absolute atomic E-state index is 0.0793. The molecule has 0 unspecified atom stereocenters. The van der Waals surface area contributed by atoms with E-state index < -0.39 is 11.6 Å². The molecule has 0 saturated heterocycles. The van der Waals surface area contributed by atoms with E-state index in [4.69, 9.17) is 10.3 Å². The van der Waals surface area contributed by atoms with Crippen LogP contribution in [0.15, 0.2) is 37.0 Å². The third kappa shape index (κ3) is 2.75. The van der Waals surface area contributed by atoms with Crippen LogP contribution in [-0.2, 0) is 0 Å². The van der Waals surface area contributed by atoms with Gasteiger partial charge < -0.3 is 10.3 Å². The average Bonchev–Trinajstić information content (AvgIpc) is 2.92. The molecule has 2 heterocycles. The number of halogens is 4. The molecule has 0 bridgehead atoms. The smallest absolute Gasteiger partial charge is 0.186 e. The Hall–Kier alpha value is -1.25. The summed E-state index contributed by atoms with van der Waals surface area (Å²) in [6.45, 7) is 0. The lowest BCUT2D eigenvalue weighted by molar-refractivity contribution is 0.437. The summed E-state index contributed by atoms with van der Waals surface area (Å²) in [4.78, 5) is 0.734. The highest BCUT2D eigenvalue weighted by molar-refractivity contribution is 9.13. The number of hydrogen-bond acceptors (Lipinski definition) is 4. The molecule has 3 aromatic rings. The molecule has 0 radical (unpaired) electrons. The molecule has 0 atom stereocenters. The third-order valence-corrected chi connectivity index (χ3v) is 5.99. The van der Waals surface area contributed by atoms with Gasteiger partial charge in [0, 0.05) is 10.5 Å². The zero-order valence-electron chi connectivity index (χ0n) is 10.2. The van der Waals surface area contributed by atoms with Crippen molar-refractivity contribution in [3.05, 3.63) is 44.2 Å². The summed E-state index contributed by atoms with van der Waals surface area (Å²) in [5.41, 5.74) is 6.44. The van der Waals surface area contributed by atoms with Crippen LogP contribution in [0.25, 0.3) is 21.8 Å². The second kappa shape index (κ2) is 5.51. The third-order valence-electron chi connectivity index (χ3n) is 2.74. The van der Waals surface area contributed by atoms with Gasteiger partial charge in [-0.2, -0.15) is 0 Å². The van der Waals surface area contributed by atoms with E-state index in [1.54, 1.807) is 0 Å². The van der Waals surface area contributed by atoms with E-state index in [9.17, 15) is 8.78 Å². The number of benzene rings is 1. The van der Waals surface area contributed by atoms with Gasteiger partial charge in [-0.25, -0.2) is 8.78 Å². The number of thiophene rings is 1. The van der Waals surface area contributed by atoms with E-state index >= 15 is 0 Å². The van der Waals surface area contributed by atoms with Crippen molar-refractivity contribution >= 4 is 49.0 Å². The Morgan fingerprint density at radius 3 is 2.33 bits per heavy atom. The lowest BCUT2D eigenvalue weighted by atomic mass is 10.0. The number of nitrogens with zero attached hydrogens (tertiary/aromatic N) is 1. The zero-order valence-corrected chi connectivity index (χ0v) is 14.2. The molecule has 0 aliphatic carbocycles. The van der Waals surface area contributed by atoms with Gasteiger partial charge in [0.2, 0.25) is 0 Å². The molecule has 3 nitrogen and oxygen atoms in total. The van der Waals surface area contributed by atoms with Gasteiger partial charge in [-0.3, -0.25) is 0 Å². The van der Waals surface area contributed by atoms with Crippen molar-refractivity contribution in [1.82, 2.24) is 5.16 Å². The van der Waals surface area contributed by atoms with E-state index in [0.29, 0.717) is 11.3 Å². The first-order valence-corrected chi connectivity index (χ1v) is 8.03. The normalized spacial score (nSPS) is 11.0. The minimum atomic E-state index is -0.690. The van der Waals surface area contributed by atoms with Gasteiger partial charge in [0.1, 0.15) is 11.6 Å². The second-order valence-electron chi connectivity index (χ2n) is 4.16.